The first kappa shape index (κ1) is 30.4. The summed E-state index contributed by atoms with van der Waals surface area (Å²) in [6, 6.07) is 0. The first-order chi connectivity index (χ1) is 21.1. The second kappa shape index (κ2) is 12.1. The van der Waals surface area contributed by atoms with Gasteiger partial charge in [0, 0.05) is 43.2 Å². The van der Waals surface area contributed by atoms with Crippen molar-refractivity contribution in [3.05, 3.63) is 57.2 Å². The largest absolute Gasteiger partial charge is 0.464 e. The highest BCUT2D eigenvalue weighted by Gasteiger charge is 2.44. The summed E-state index contributed by atoms with van der Waals surface area (Å²) >= 11 is 1.22. The van der Waals surface area contributed by atoms with Gasteiger partial charge in [-0.05, 0) is 61.8 Å². The van der Waals surface area contributed by atoms with Gasteiger partial charge in [-0.2, -0.15) is 0 Å². The van der Waals surface area contributed by atoms with E-state index in [0.717, 1.165) is 28.9 Å². The standard InChI is InChI=1S/C33H40N4O6S/c1-33(2,3)43-32(41)36-15-13-35(14-16-36)25(38)19-37-18-24-21-11-8-12-22(21)26(20-9-6-5-7-10-20)27(24)28-23(30(37)39)17-34-29(44-28)31(40)42-4/h8,11-12,18,20-21H,5-7,9-10,13-17,19H2,1-4H3. The number of carbonyl (C=O) groups excluding carboxylic acids is 4. The van der Waals surface area contributed by atoms with E-state index in [1.807, 2.05) is 27.0 Å². The zero-order valence-corrected chi connectivity index (χ0v) is 26.7. The van der Waals surface area contributed by atoms with Gasteiger partial charge in [0.2, 0.25) is 5.91 Å². The molecular weight excluding hydrogens is 580 g/mol. The number of thioether (sulfide) groups is 1. The van der Waals surface area contributed by atoms with E-state index in [9.17, 15) is 19.2 Å². The molecule has 0 aromatic carbocycles. The highest BCUT2D eigenvalue weighted by molar-refractivity contribution is 8.19. The van der Waals surface area contributed by atoms with Crippen LogP contribution < -0.4 is 0 Å². The van der Waals surface area contributed by atoms with Crippen LogP contribution in [0.2, 0.25) is 0 Å². The Morgan fingerprint density at radius 3 is 2.41 bits per heavy atom. The number of esters is 1. The van der Waals surface area contributed by atoms with Gasteiger partial charge in [0.25, 0.3) is 5.91 Å². The maximum absolute atomic E-state index is 14.2. The highest BCUT2D eigenvalue weighted by Crippen LogP contribution is 2.56. The predicted molar refractivity (Wildman–Crippen MR) is 167 cm³/mol. The van der Waals surface area contributed by atoms with E-state index in [2.05, 4.69) is 23.2 Å². The molecule has 0 aromatic rings. The topological polar surface area (TPSA) is 109 Å². The lowest BCUT2D eigenvalue weighted by Crippen LogP contribution is -2.53. The monoisotopic (exact) mass is 620 g/mol. The van der Waals surface area contributed by atoms with Gasteiger partial charge in [-0.15, -0.1) is 0 Å². The van der Waals surface area contributed by atoms with Crippen LogP contribution in [-0.4, -0.2) is 95.6 Å². The van der Waals surface area contributed by atoms with Gasteiger partial charge in [-0.1, -0.05) is 49.3 Å². The summed E-state index contributed by atoms with van der Waals surface area (Å²) in [5.41, 5.74) is 4.46. The summed E-state index contributed by atoms with van der Waals surface area (Å²) in [6.45, 7) is 6.87. The number of rotatable bonds is 4. The summed E-state index contributed by atoms with van der Waals surface area (Å²) in [5.74, 6) is -0.599. The van der Waals surface area contributed by atoms with Gasteiger partial charge in [0.1, 0.15) is 12.1 Å². The molecule has 234 valence electrons. The zero-order valence-electron chi connectivity index (χ0n) is 25.9. The van der Waals surface area contributed by atoms with Crippen molar-refractivity contribution < 1.29 is 28.7 Å². The third-order valence-corrected chi connectivity index (χ3v) is 10.1. The molecule has 6 aliphatic rings. The van der Waals surface area contributed by atoms with Crippen molar-refractivity contribution in [2.75, 3.05) is 46.4 Å². The molecule has 1 saturated heterocycles. The molecule has 1 unspecified atom stereocenters. The van der Waals surface area contributed by atoms with E-state index in [-0.39, 0.29) is 42.0 Å². The van der Waals surface area contributed by atoms with E-state index in [0.29, 0.717) is 37.7 Å². The number of aliphatic imine (C=N–C) groups is 1. The first-order valence-corrected chi connectivity index (χ1v) is 16.3. The Hall–Kier alpha value is -3.60. The van der Waals surface area contributed by atoms with Crippen molar-refractivity contribution in [1.29, 1.82) is 0 Å². The minimum atomic E-state index is -0.592. The quantitative estimate of drug-likeness (QED) is 0.430. The van der Waals surface area contributed by atoms with Crippen LogP contribution in [0.25, 0.3) is 0 Å². The minimum absolute atomic E-state index is 0.00223. The van der Waals surface area contributed by atoms with E-state index in [1.165, 1.54) is 54.2 Å². The molecule has 0 aromatic heterocycles. The Bertz CT molecular complexity index is 1460. The molecule has 1 saturated carbocycles. The van der Waals surface area contributed by atoms with Gasteiger partial charge in [0.05, 0.1) is 19.2 Å². The number of ether oxygens (including phenoxy) is 2. The molecule has 10 nitrogen and oxygen atoms in total. The number of allylic oxidation sites excluding steroid dienone is 7. The molecule has 3 heterocycles. The molecule has 6 rings (SSSR count). The Kier molecular flexibility index (Phi) is 8.34. The number of amides is 3. The molecule has 11 heteroatoms. The van der Waals surface area contributed by atoms with Crippen LogP contribution in [-0.2, 0) is 23.9 Å². The average molecular weight is 621 g/mol. The van der Waals surface area contributed by atoms with Crippen molar-refractivity contribution in [3.63, 3.8) is 0 Å². The van der Waals surface area contributed by atoms with Crippen LogP contribution in [0.1, 0.15) is 52.9 Å². The molecular formula is C33H40N4O6S. The molecule has 0 radical (unpaired) electrons. The number of hydrogen-bond donors (Lipinski definition) is 0. The molecule has 0 bridgehead atoms. The first-order valence-electron chi connectivity index (χ1n) is 15.5. The zero-order chi connectivity index (χ0) is 31.2. The average Bonchev–Trinajstić information content (AvgIpc) is 3.58. The Morgan fingerprint density at radius 2 is 1.73 bits per heavy atom. The van der Waals surface area contributed by atoms with Gasteiger partial charge < -0.3 is 24.2 Å². The van der Waals surface area contributed by atoms with Gasteiger partial charge in [-0.25, -0.2) is 9.59 Å². The van der Waals surface area contributed by atoms with Gasteiger partial charge in [0.15, 0.2) is 5.04 Å². The highest BCUT2D eigenvalue weighted by atomic mass is 32.2. The van der Waals surface area contributed by atoms with E-state index >= 15 is 0 Å². The Balaban J connectivity index is 1.30. The van der Waals surface area contributed by atoms with Crippen LogP contribution in [0.4, 0.5) is 4.79 Å². The lowest BCUT2D eigenvalue weighted by Gasteiger charge is -2.36. The summed E-state index contributed by atoms with van der Waals surface area (Å²) in [6.07, 6.45) is 13.6. The van der Waals surface area contributed by atoms with E-state index in [1.54, 1.807) is 9.80 Å². The number of piperazine rings is 1. The van der Waals surface area contributed by atoms with Gasteiger partial charge >= 0.3 is 12.1 Å². The number of hydrogen-bond acceptors (Lipinski definition) is 8. The molecule has 44 heavy (non-hydrogen) atoms. The lowest BCUT2D eigenvalue weighted by molar-refractivity contribution is -0.138. The third-order valence-electron chi connectivity index (χ3n) is 8.98. The summed E-state index contributed by atoms with van der Waals surface area (Å²) in [4.78, 5) is 62.9. The number of nitrogens with zero attached hydrogens (tertiary/aromatic N) is 4. The Morgan fingerprint density at radius 1 is 1.02 bits per heavy atom. The van der Waals surface area contributed by atoms with Crippen LogP contribution in [0.5, 0.6) is 0 Å². The number of methoxy groups -OCH3 is 1. The van der Waals surface area contributed by atoms with Crippen molar-refractivity contribution in [3.8, 4) is 0 Å². The molecule has 0 spiro atoms. The van der Waals surface area contributed by atoms with Crippen LogP contribution in [0.15, 0.2) is 62.2 Å². The van der Waals surface area contributed by atoms with Crippen molar-refractivity contribution in [1.82, 2.24) is 14.7 Å². The maximum Gasteiger partial charge on any atom is 0.410 e. The molecule has 3 aliphatic heterocycles. The van der Waals surface area contributed by atoms with Gasteiger partial charge in [-0.3, -0.25) is 14.6 Å². The maximum atomic E-state index is 14.2. The summed E-state index contributed by atoms with van der Waals surface area (Å²) in [5, 5.41) is 0.239. The van der Waals surface area contributed by atoms with Crippen molar-refractivity contribution in [2.24, 2.45) is 16.8 Å². The fraction of sp³-hybridized carbons (Fsp3) is 0.545. The summed E-state index contributed by atoms with van der Waals surface area (Å²) < 4.78 is 10.5. The van der Waals surface area contributed by atoms with Crippen molar-refractivity contribution in [2.45, 2.75) is 58.5 Å². The molecule has 1 atom stereocenters. The minimum Gasteiger partial charge on any atom is -0.464 e. The van der Waals surface area contributed by atoms with Crippen LogP contribution in [0, 0.1) is 11.8 Å². The third kappa shape index (κ3) is 5.78. The number of fused-ring (bicyclic) bond motifs is 4. The fourth-order valence-corrected chi connectivity index (χ4v) is 7.99. The van der Waals surface area contributed by atoms with E-state index in [4.69, 9.17) is 9.47 Å². The second-order valence-corrected chi connectivity index (χ2v) is 14.0. The predicted octanol–water partition coefficient (Wildman–Crippen LogP) is 4.37. The molecule has 0 N–H and O–H groups in total. The van der Waals surface area contributed by atoms with Crippen LogP contribution >= 0.6 is 11.8 Å². The molecule has 3 amide bonds. The molecule has 3 aliphatic carbocycles. The smallest absolute Gasteiger partial charge is 0.410 e. The molecule has 2 fully saturated rings. The number of carbonyl (C=O) groups is 4. The Labute approximate surface area is 262 Å². The fourth-order valence-electron chi connectivity index (χ4n) is 6.89. The second-order valence-electron chi connectivity index (χ2n) is 13.0. The SMILES string of the molecule is COC(=O)C1=NCC2=C(S1)C1=C(C3CCCCC3)C3=CC=CC3C1=CN(CC(=O)N1CCN(C(=O)OC(C)(C)C)CC1)C2=O. The summed E-state index contributed by atoms with van der Waals surface area (Å²) in [7, 11) is 1.34. The van der Waals surface area contributed by atoms with E-state index < -0.39 is 11.6 Å². The van der Waals surface area contributed by atoms with Crippen molar-refractivity contribution >= 4 is 40.7 Å². The lowest BCUT2D eigenvalue weighted by atomic mass is 9.80. The van der Waals surface area contributed by atoms with Crippen LogP contribution in [0.3, 0.4) is 0 Å². The normalized spacial score (nSPS) is 23.9.